The number of nitrogens with two attached hydrogens (primary N) is 11. The summed E-state index contributed by atoms with van der Waals surface area (Å²) in [6.07, 6.45) is 12.3. The highest BCUT2D eigenvalue weighted by atomic mass is 16.4. The number of aryl methyl sites for hydroxylation is 2. The number of rotatable bonds is 38. The van der Waals surface area contributed by atoms with Crippen molar-refractivity contribution < 1.29 is 59.4 Å². The highest BCUT2D eigenvalue weighted by Gasteiger charge is 2.19. The van der Waals surface area contributed by atoms with E-state index in [-0.39, 0.29) is 24.2 Å². The Kier molecular flexibility index (Phi) is 47.6. The Morgan fingerprint density at radius 2 is 0.609 bits per heavy atom. The summed E-state index contributed by atoms with van der Waals surface area (Å²) in [6, 6.07) is 42.1. The Labute approximate surface area is 652 Å². The van der Waals surface area contributed by atoms with Crippen LogP contribution in [0.5, 0.6) is 0 Å². The number of benzene rings is 6. The van der Waals surface area contributed by atoms with Crippen LogP contribution in [0.25, 0.3) is 0 Å². The van der Waals surface area contributed by atoms with Gasteiger partial charge in [0.1, 0.15) is 36.3 Å². The molecular formula is C86H132N12O12. The van der Waals surface area contributed by atoms with Crippen molar-refractivity contribution in [3.63, 3.8) is 0 Å². The quantitative estimate of drug-likeness (QED) is 0.0160. The van der Waals surface area contributed by atoms with Crippen molar-refractivity contribution in [3.05, 3.63) is 224 Å². The zero-order valence-corrected chi connectivity index (χ0v) is 66.7. The fourth-order valence-corrected chi connectivity index (χ4v) is 10.6. The van der Waals surface area contributed by atoms with Gasteiger partial charge in [0.05, 0.1) is 0 Å². The van der Waals surface area contributed by atoms with E-state index in [4.69, 9.17) is 99.1 Å². The lowest BCUT2D eigenvalue weighted by atomic mass is 9.96. The molecule has 0 aromatic heterocycles. The number of nitrogens with one attached hydrogen (secondary N) is 1. The van der Waals surface area contributed by atoms with Crippen molar-refractivity contribution in [1.82, 2.24) is 0 Å². The van der Waals surface area contributed by atoms with Crippen LogP contribution in [0.15, 0.2) is 157 Å². The number of carboxylic acid groups (broad SMARTS) is 6. The lowest BCUT2D eigenvalue weighted by Gasteiger charge is -2.15. The predicted octanol–water partition coefficient (Wildman–Crippen LogP) is 9.78. The van der Waals surface area contributed by atoms with E-state index in [1.54, 1.807) is 0 Å². The van der Waals surface area contributed by atoms with E-state index in [9.17, 15) is 28.8 Å². The first-order chi connectivity index (χ1) is 51.5. The highest BCUT2D eigenvalue weighted by molar-refractivity contribution is 5.83. The maximum atomic E-state index is 10.7. The van der Waals surface area contributed by atoms with Crippen LogP contribution in [0.3, 0.4) is 0 Å². The topological polar surface area (TPSA) is 534 Å². The molecule has 29 N–H and O–H groups in total. The van der Waals surface area contributed by atoms with Crippen molar-refractivity contribution in [2.24, 2.45) is 92.7 Å². The van der Waals surface area contributed by atoms with Gasteiger partial charge in [0.15, 0.2) is 0 Å². The maximum absolute atomic E-state index is 10.7. The Balaban J connectivity index is 0.000000661. The number of aliphatic carboxylic acids is 6. The zero-order chi connectivity index (χ0) is 83.5. The van der Waals surface area contributed by atoms with Gasteiger partial charge in [-0.15, -0.1) is 0 Å². The standard InChI is InChI=1S/2C15H24N2O2.2C15H22N2O2.C14H22N2O2.C12H18N2O2/c1-10(2)3-8-13(16)12-6-4-11(5-7-12)9-14(17)15(18)19;3*1-10(2)13(16)8-7-11-3-5-12(6-4-11)9-14(17)15(18)19;1-9(2)7-12(15)11-5-3-10(4-6-11)8-13(16)14(17)18;1-8(13)6-9-2-4-10(5-3-9)7-11(14)12(15)16/h4-7,10,13-14H,3,8-9,16-17H2,1-2H3,(H,18,19);3-6,10,13-14H,7-9,16-17H2,1-2H3,(H,18,19);3-6,10,14,16H,7-9,17H2,1-2H3,(H,18,19);3-6,8,10,14H,7,9,16-17H2,1-2H3,(H,18,19);3-6,9,12-13H,7-8,15-16H2,1-2H3,(H,17,18);2-5,8,11H,6-7,13-14H2,1H3,(H,15,16)/b;;;13-8-;;. The molecule has 6 aromatic rings. The second-order valence-corrected chi connectivity index (χ2v) is 30.3. The summed E-state index contributed by atoms with van der Waals surface area (Å²) in [7, 11) is 0. The molecule has 6 rings (SSSR count). The van der Waals surface area contributed by atoms with Gasteiger partial charge in [-0.3, -0.25) is 28.8 Å². The van der Waals surface area contributed by atoms with E-state index in [1.807, 2.05) is 172 Å². The van der Waals surface area contributed by atoms with Crippen molar-refractivity contribution in [3.8, 4) is 0 Å². The second-order valence-electron chi connectivity index (χ2n) is 30.3. The van der Waals surface area contributed by atoms with Crippen molar-refractivity contribution in [2.45, 2.75) is 233 Å². The number of carboxylic acids is 6. The molecule has 0 aliphatic rings. The fraction of sp³-hybridized carbons (Fsp3) is 0.477. The lowest BCUT2D eigenvalue weighted by molar-refractivity contribution is -0.139. The molecule has 24 nitrogen and oxygen atoms in total. The van der Waals surface area contributed by atoms with E-state index >= 15 is 0 Å². The van der Waals surface area contributed by atoms with Crippen LogP contribution in [0, 0.1) is 35.0 Å². The lowest BCUT2D eigenvalue weighted by Crippen LogP contribution is -2.32. The minimum absolute atomic E-state index is 0.0344. The van der Waals surface area contributed by atoms with Crippen LogP contribution in [-0.4, -0.2) is 121 Å². The molecule has 0 fully saturated rings. The second kappa shape index (κ2) is 52.9. The Morgan fingerprint density at radius 3 is 0.873 bits per heavy atom. The first-order valence-electron chi connectivity index (χ1n) is 37.9. The van der Waals surface area contributed by atoms with Crippen molar-refractivity contribution in [1.29, 1.82) is 5.41 Å². The number of hydrogen-bond acceptors (Lipinski definition) is 18. The first-order valence-corrected chi connectivity index (χ1v) is 37.9. The van der Waals surface area contributed by atoms with Crippen LogP contribution in [0.1, 0.15) is 187 Å². The molecule has 10 atom stereocenters. The third kappa shape index (κ3) is 44.0. The molecule has 10 unspecified atom stereocenters. The molecule has 0 bridgehead atoms. The molecule has 0 aliphatic heterocycles. The Morgan fingerprint density at radius 1 is 0.336 bits per heavy atom. The zero-order valence-electron chi connectivity index (χ0n) is 66.7. The minimum Gasteiger partial charge on any atom is -0.480 e. The average molecular weight is 1530 g/mol. The van der Waals surface area contributed by atoms with Crippen LogP contribution in [0.2, 0.25) is 0 Å². The average Bonchev–Trinajstić information content (AvgIpc) is 0.895. The largest absolute Gasteiger partial charge is 0.480 e. The molecule has 24 heteroatoms. The number of hydrogen-bond donors (Lipinski definition) is 18. The smallest absolute Gasteiger partial charge is 0.320 e. The van der Waals surface area contributed by atoms with Crippen LogP contribution >= 0.6 is 0 Å². The van der Waals surface area contributed by atoms with Crippen LogP contribution < -0.4 is 63.1 Å². The monoisotopic (exact) mass is 1530 g/mol. The summed E-state index contributed by atoms with van der Waals surface area (Å²) in [4.78, 5) is 63.9. The molecule has 0 saturated heterocycles. The molecule has 0 spiro atoms. The molecule has 608 valence electrons. The molecule has 6 aromatic carbocycles. The summed E-state index contributed by atoms with van der Waals surface area (Å²) < 4.78 is 0. The van der Waals surface area contributed by atoms with Gasteiger partial charge >= 0.3 is 35.8 Å². The summed E-state index contributed by atoms with van der Waals surface area (Å²) in [5.74, 6) is -3.49. The SMILES string of the molecule is CC(C)/C(N)=C/Cc1ccc(CC(N)C(=O)O)cc1.CC(C)C(=N)CCc1ccc(CC(N)C(=O)O)cc1.CC(C)C(N)CCc1ccc(CC(N)C(=O)O)cc1.CC(C)CC(N)c1ccc(CC(N)C(=O)O)cc1.CC(C)CCC(N)c1ccc(CC(N)C(=O)O)cc1.CC(N)Cc1ccc(CC(N)C(=O)O)cc1. The van der Waals surface area contributed by atoms with Gasteiger partial charge in [-0.1, -0.05) is 221 Å². The summed E-state index contributed by atoms with van der Waals surface area (Å²) >= 11 is 0. The van der Waals surface area contributed by atoms with Crippen molar-refractivity contribution in [2.75, 3.05) is 0 Å². The molecular weight excluding hydrogens is 1390 g/mol. The normalized spacial score (nSPS) is 13.9. The van der Waals surface area contributed by atoms with E-state index in [0.717, 1.165) is 130 Å². The Bertz CT molecular complexity index is 3670. The first kappa shape index (κ1) is 99.0. The van der Waals surface area contributed by atoms with Crippen LogP contribution in [-0.2, 0) is 93.0 Å². The van der Waals surface area contributed by atoms with Crippen molar-refractivity contribution >= 4 is 41.5 Å². The van der Waals surface area contributed by atoms with Gasteiger partial charge < -0.3 is 99.1 Å². The van der Waals surface area contributed by atoms with Gasteiger partial charge in [0, 0.05) is 35.6 Å². The molecule has 0 aliphatic carbocycles. The Hall–Kier alpha value is -9.05. The van der Waals surface area contributed by atoms with E-state index in [0.29, 0.717) is 68.1 Å². The number of allylic oxidation sites excluding steroid dienone is 2. The predicted molar refractivity (Wildman–Crippen MR) is 442 cm³/mol. The molecule has 0 radical (unpaired) electrons. The number of carbonyl (C=O) groups is 6. The van der Waals surface area contributed by atoms with Gasteiger partial charge in [-0.05, 0) is 200 Å². The maximum Gasteiger partial charge on any atom is 0.320 e. The highest BCUT2D eigenvalue weighted by Crippen LogP contribution is 2.22. The molecule has 0 heterocycles. The van der Waals surface area contributed by atoms with E-state index in [1.165, 1.54) is 5.56 Å². The third-order valence-corrected chi connectivity index (χ3v) is 18.1. The fourth-order valence-electron chi connectivity index (χ4n) is 10.6. The van der Waals surface area contributed by atoms with Gasteiger partial charge in [-0.2, -0.15) is 0 Å². The molecule has 110 heavy (non-hydrogen) atoms. The summed E-state index contributed by atoms with van der Waals surface area (Å²) in [6.45, 7) is 23.0. The van der Waals surface area contributed by atoms with Gasteiger partial charge in [0.2, 0.25) is 0 Å². The summed E-state index contributed by atoms with van der Waals surface area (Å²) in [5, 5.41) is 60.2. The molecule has 0 saturated carbocycles. The van der Waals surface area contributed by atoms with Gasteiger partial charge in [-0.25, -0.2) is 0 Å². The minimum atomic E-state index is -0.977. The third-order valence-electron chi connectivity index (χ3n) is 18.1. The van der Waals surface area contributed by atoms with Crippen LogP contribution in [0.4, 0.5) is 0 Å². The summed E-state index contributed by atoms with van der Waals surface area (Å²) in [5.41, 5.74) is 76.8. The van der Waals surface area contributed by atoms with Gasteiger partial charge in [0.25, 0.3) is 0 Å². The van der Waals surface area contributed by atoms with E-state index < -0.39 is 72.1 Å². The molecule has 0 amide bonds. The van der Waals surface area contributed by atoms with E-state index in [2.05, 4.69) is 55.4 Å².